The van der Waals surface area contributed by atoms with Crippen LogP contribution in [0.5, 0.6) is 0 Å². The lowest BCUT2D eigenvalue weighted by molar-refractivity contribution is -0.135. The van der Waals surface area contributed by atoms with Crippen molar-refractivity contribution in [3.8, 4) is 0 Å². The van der Waals surface area contributed by atoms with Crippen LogP contribution < -0.4 is 10.6 Å². The number of carbonyl (C=O) groups is 2. The number of methoxy groups -OCH3 is 1. The fraction of sp³-hybridized carbons (Fsp3) is 0.143. The number of esters is 1. The second-order valence-corrected chi connectivity index (χ2v) is 4.59. The highest BCUT2D eigenvalue weighted by molar-refractivity contribution is 6.15. The highest BCUT2D eigenvalue weighted by atomic mass is 16.5. The number of hydrogen-bond donors (Lipinski definition) is 2. The minimum absolute atomic E-state index is 0.0394. The topological polar surface area (TPSA) is 106 Å². The normalized spacial score (nSPS) is 17.8. The van der Waals surface area contributed by atoms with E-state index in [0.29, 0.717) is 11.1 Å². The van der Waals surface area contributed by atoms with Gasteiger partial charge in [-0.3, -0.25) is 10.1 Å². The molecule has 8 nitrogen and oxygen atoms in total. The molecule has 3 rings (SSSR count). The highest BCUT2D eigenvalue weighted by Gasteiger charge is 2.23. The van der Waals surface area contributed by atoms with Gasteiger partial charge in [-0.05, 0) is 24.6 Å². The van der Waals surface area contributed by atoms with Crippen LogP contribution in [0.25, 0.3) is 11.1 Å². The number of ether oxygens (including phenoxy) is 1. The van der Waals surface area contributed by atoms with E-state index in [1.54, 1.807) is 6.07 Å². The number of aliphatic imine (C=N–C) groups is 1. The van der Waals surface area contributed by atoms with E-state index >= 15 is 0 Å². The number of nitrogens with one attached hydrogen (secondary N) is 2. The van der Waals surface area contributed by atoms with E-state index in [9.17, 15) is 9.59 Å². The Balaban J connectivity index is 1.87. The van der Waals surface area contributed by atoms with Gasteiger partial charge in [-0.1, -0.05) is 6.07 Å². The lowest BCUT2D eigenvalue weighted by Crippen LogP contribution is -2.24. The number of rotatable bonds is 2. The van der Waals surface area contributed by atoms with Crippen molar-refractivity contribution in [3.05, 3.63) is 35.5 Å². The third kappa shape index (κ3) is 2.66. The first-order valence-electron chi connectivity index (χ1n) is 6.39. The number of benzene rings is 1. The van der Waals surface area contributed by atoms with Gasteiger partial charge in [-0.2, -0.15) is 9.98 Å². The Labute approximate surface area is 124 Å². The van der Waals surface area contributed by atoms with Gasteiger partial charge in [0.05, 0.1) is 13.2 Å². The monoisotopic (exact) mass is 300 g/mol. The van der Waals surface area contributed by atoms with Gasteiger partial charge < -0.3 is 14.5 Å². The Morgan fingerprint density at radius 2 is 2.23 bits per heavy atom. The zero-order chi connectivity index (χ0) is 15.7. The van der Waals surface area contributed by atoms with Crippen molar-refractivity contribution in [1.29, 1.82) is 0 Å². The van der Waals surface area contributed by atoms with Crippen LogP contribution in [-0.4, -0.2) is 29.9 Å². The maximum atomic E-state index is 11.7. The quantitative estimate of drug-likeness (QED) is 0.630. The summed E-state index contributed by atoms with van der Waals surface area (Å²) in [5.41, 5.74) is 2.36. The lowest BCUT2D eigenvalue weighted by atomic mass is 10.2. The van der Waals surface area contributed by atoms with Crippen LogP contribution in [0.4, 0.5) is 6.01 Å². The standard InChI is InChI=1S/C14H12N4O4/c1-7-3-4-10-8(5-7)16-14(22-10)18-13-15-9(12(20)17-13)6-11(19)21-2/h3-6H,1-2H3,(H2,15,16,17,18,20). The van der Waals surface area contributed by atoms with Crippen molar-refractivity contribution < 1.29 is 18.7 Å². The van der Waals surface area contributed by atoms with Crippen LogP contribution in [-0.2, 0) is 14.3 Å². The maximum Gasteiger partial charge on any atom is 0.332 e. The molecule has 0 aliphatic carbocycles. The summed E-state index contributed by atoms with van der Waals surface area (Å²) in [4.78, 5) is 31.1. The number of amides is 1. The van der Waals surface area contributed by atoms with E-state index in [1.165, 1.54) is 7.11 Å². The van der Waals surface area contributed by atoms with Gasteiger partial charge in [0.2, 0.25) is 5.96 Å². The molecule has 0 spiro atoms. The minimum Gasteiger partial charge on any atom is -0.466 e. The van der Waals surface area contributed by atoms with Gasteiger partial charge in [-0.15, -0.1) is 0 Å². The fourth-order valence-electron chi connectivity index (χ4n) is 1.89. The van der Waals surface area contributed by atoms with Crippen molar-refractivity contribution >= 4 is 35.0 Å². The zero-order valence-corrected chi connectivity index (χ0v) is 11.8. The number of aromatic nitrogens is 1. The highest BCUT2D eigenvalue weighted by Crippen LogP contribution is 2.22. The third-order valence-electron chi connectivity index (χ3n) is 2.93. The summed E-state index contributed by atoms with van der Waals surface area (Å²) in [7, 11) is 1.22. The van der Waals surface area contributed by atoms with Gasteiger partial charge >= 0.3 is 12.0 Å². The third-order valence-corrected chi connectivity index (χ3v) is 2.93. The molecule has 8 heteroatoms. The molecule has 22 heavy (non-hydrogen) atoms. The maximum absolute atomic E-state index is 11.7. The molecule has 112 valence electrons. The Kier molecular flexibility index (Phi) is 3.34. The Morgan fingerprint density at radius 1 is 1.41 bits per heavy atom. The van der Waals surface area contributed by atoms with Crippen molar-refractivity contribution in [1.82, 2.24) is 15.6 Å². The molecule has 1 saturated heterocycles. The lowest BCUT2D eigenvalue weighted by Gasteiger charge is -1.94. The predicted molar refractivity (Wildman–Crippen MR) is 77.2 cm³/mol. The summed E-state index contributed by atoms with van der Waals surface area (Å²) in [6.07, 6.45) is 1.03. The number of aryl methyl sites for hydroxylation is 1. The van der Waals surface area contributed by atoms with Crippen LogP contribution in [0.3, 0.4) is 0 Å². The first kappa shape index (κ1) is 13.8. The van der Waals surface area contributed by atoms with E-state index in [0.717, 1.165) is 11.6 Å². The second-order valence-electron chi connectivity index (χ2n) is 4.59. The van der Waals surface area contributed by atoms with E-state index in [1.807, 2.05) is 19.1 Å². The number of nitrogens with zero attached hydrogens (tertiary/aromatic N) is 2. The number of hydrogen-bond acceptors (Lipinski definition) is 6. The zero-order valence-electron chi connectivity index (χ0n) is 11.8. The van der Waals surface area contributed by atoms with E-state index in [-0.39, 0.29) is 17.7 Å². The first-order valence-corrected chi connectivity index (χ1v) is 6.39. The van der Waals surface area contributed by atoms with Crippen LogP contribution in [0.1, 0.15) is 5.56 Å². The number of carbonyl (C=O) groups excluding carboxylic acids is 2. The van der Waals surface area contributed by atoms with Gasteiger partial charge in [0.15, 0.2) is 5.58 Å². The molecule has 0 unspecified atom stereocenters. The van der Waals surface area contributed by atoms with Crippen LogP contribution in [0, 0.1) is 6.92 Å². The van der Waals surface area contributed by atoms with Crippen LogP contribution in [0.2, 0.25) is 0 Å². The molecule has 1 aromatic heterocycles. The molecule has 2 N–H and O–H groups in total. The fourth-order valence-corrected chi connectivity index (χ4v) is 1.89. The SMILES string of the molecule is COC(=O)C=C1N/C(=N/c2nc3cc(C)ccc3o2)NC1=O. The van der Waals surface area contributed by atoms with Gasteiger partial charge in [0.1, 0.15) is 11.2 Å². The van der Waals surface area contributed by atoms with Gasteiger partial charge in [0, 0.05) is 0 Å². The van der Waals surface area contributed by atoms with Crippen LogP contribution >= 0.6 is 0 Å². The van der Waals surface area contributed by atoms with Crippen molar-refractivity contribution in [2.75, 3.05) is 7.11 Å². The van der Waals surface area contributed by atoms with Crippen LogP contribution in [0.15, 0.2) is 39.4 Å². The van der Waals surface area contributed by atoms with Crippen molar-refractivity contribution in [3.63, 3.8) is 0 Å². The average Bonchev–Trinajstić information content (AvgIpc) is 3.01. The number of guanidine groups is 1. The molecule has 0 bridgehead atoms. The van der Waals surface area contributed by atoms with Crippen molar-refractivity contribution in [2.45, 2.75) is 6.92 Å². The molecule has 1 amide bonds. The Bertz CT molecular complexity index is 834. The molecular weight excluding hydrogens is 288 g/mol. The number of oxazole rings is 1. The van der Waals surface area contributed by atoms with Crippen molar-refractivity contribution in [2.24, 2.45) is 4.99 Å². The molecular formula is C14H12N4O4. The van der Waals surface area contributed by atoms with E-state index < -0.39 is 11.9 Å². The summed E-state index contributed by atoms with van der Waals surface area (Å²) in [5, 5.41) is 5.12. The summed E-state index contributed by atoms with van der Waals surface area (Å²) >= 11 is 0. The Morgan fingerprint density at radius 3 is 3.00 bits per heavy atom. The largest absolute Gasteiger partial charge is 0.466 e. The Hall–Kier alpha value is -3.16. The average molecular weight is 300 g/mol. The summed E-state index contributed by atoms with van der Waals surface area (Å²) in [5.74, 6) is -1.00. The van der Waals surface area contributed by atoms with E-state index in [2.05, 4.69) is 25.3 Å². The summed E-state index contributed by atoms with van der Waals surface area (Å²) in [6.45, 7) is 1.95. The number of fused-ring (bicyclic) bond motifs is 1. The molecule has 1 aliphatic heterocycles. The molecule has 1 aliphatic rings. The van der Waals surface area contributed by atoms with Gasteiger partial charge in [-0.25, -0.2) is 4.79 Å². The smallest absolute Gasteiger partial charge is 0.332 e. The minimum atomic E-state index is -0.642. The second kappa shape index (κ2) is 5.32. The van der Waals surface area contributed by atoms with Gasteiger partial charge in [0.25, 0.3) is 5.91 Å². The molecule has 2 heterocycles. The van der Waals surface area contributed by atoms with E-state index in [4.69, 9.17) is 4.42 Å². The molecule has 0 saturated carbocycles. The molecule has 1 aromatic carbocycles. The molecule has 1 fully saturated rings. The summed E-state index contributed by atoms with van der Waals surface area (Å²) < 4.78 is 9.92. The molecule has 2 aromatic rings. The molecule has 0 atom stereocenters. The summed E-state index contributed by atoms with van der Waals surface area (Å²) in [6, 6.07) is 5.66. The molecule has 0 radical (unpaired) electrons. The predicted octanol–water partition coefficient (Wildman–Crippen LogP) is 0.900. The first-order chi connectivity index (χ1) is 10.5.